The number of hydrogen-bond acceptors (Lipinski definition) is 2. The molecule has 0 saturated heterocycles. The Hall–Kier alpha value is -0.0800. The maximum Gasteiger partial charge on any atom is 0.00944 e. The lowest BCUT2D eigenvalue weighted by molar-refractivity contribution is 0.886. The summed E-state index contributed by atoms with van der Waals surface area (Å²) < 4.78 is 0. The van der Waals surface area contributed by atoms with Gasteiger partial charge in [-0.1, -0.05) is 25.7 Å². The van der Waals surface area contributed by atoms with Gasteiger partial charge in [-0.25, -0.2) is 0 Å². The summed E-state index contributed by atoms with van der Waals surface area (Å²) in [5, 5.41) is 1.77. The van der Waals surface area contributed by atoms with Gasteiger partial charge in [-0.05, 0) is 49.9 Å². The highest BCUT2D eigenvalue weighted by Crippen LogP contribution is 2.37. The van der Waals surface area contributed by atoms with Crippen LogP contribution in [0.25, 0.3) is 0 Å². The van der Waals surface area contributed by atoms with Gasteiger partial charge in [0.1, 0.15) is 0 Å². The maximum absolute atomic E-state index is 2.33. The molecule has 0 radical (unpaired) electrons. The predicted octanol–water partition coefficient (Wildman–Crippen LogP) is 5.76. The van der Waals surface area contributed by atoms with E-state index in [2.05, 4.69) is 47.8 Å². The van der Waals surface area contributed by atoms with Gasteiger partial charge in [0.05, 0.1) is 0 Å². The van der Waals surface area contributed by atoms with E-state index in [4.69, 9.17) is 0 Å². The van der Waals surface area contributed by atoms with E-state index in [1.165, 1.54) is 61.2 Å². The molecular weight excluding hydrogens is 256 g/mol. The van der Waals surface area contributed by atoms with Crippen LogP contribution in [0.4, 0.5) is 0 Å². The number of thioether (sulfide) groups is 2. The molecule has 0 nitrogen and oxygen atoms in total. The molecule has 2 fully saturated rings. The highest BCUT2D eigenvalue weighted by Gasteiger charge is 2.17. The first-order chi connectivity index (χ1) is 8.90. The largest absolute Gasteiger partial charge is 0.123 e. The van der Waals surface area contributed by atoms with Crippen LogP contribution in [0, 0.1) is 0 Å². The van der Waals surface area contributed by atoms with Crippen LogP contribution in [-0.2, 0) is 0 Å². The van der Waals surface area contributed by atoms with Crippen molar-refractivity contribution in [2.24, 2.45) is 0 Å². The first-order valence-corrected chi connectivity index (χ1v) is 9.09. The lowest BCUT2D eigenvalue weighted by Gasteiger charge is -2.11. The Morgan fingerprint density at radius 1 is 0.611 bits per heavy atom. The van der Waals surface area contributed by atoms with Gasteiger partial charge in [0.2, 0.25) is 0 Å². The van der Waals surface area contributed by atoms with E-state index in [1.807, 2.05) is 0 Å². The van der Waals surface area contributed by atoms with Gasteiger partial charge in [0, 0.05) is 20.3 Å². The van der Waals surface area contributed by atoms with E-state index < -0.39 is 0 Å². The Labute approximate surface area is 119 Å². The molecule has 18 heavy (non-hydrogen) atoms. The fourth-order valence-electron chi connectivity index (χ4n) is 2.99. The predicted molar refractivity (Wildman–Crippen MR) is 82.7 cm³/mol. The third-order valence-corrected chi connectivity index (χ3v) is 6.73. The molecule has 0 atom stereocenters. The molecule has 0 aromatic heterocycles. The highest BCUT2D eigenvalue weighted by atomic mass is 32.2. The number of rotatable bonds is 4. The van der Waals surface area contributed by atoms with Crippen LogP contribution in [0.1, 0.15) is 51.4 Å². The normalized spacial score (nSPS) is 21.8. The fourth-order valence-corrected chi connectivity index (χ4v) is 5.49. The van der Waals surface area contributed by atoms with E-state index in [9.17, 15) is 0 Å². The van der Waals surface area contributed by atoms with Crippen LogP contribution in [0.2, 0.25) is 0 Å². The Morgan fingerprint density at radius 2 is 0.944 bits per heavy atom. The average molecular weight is 278 g/mol. The molecule has 1 aromatic carbocycles. The third-order valence-electron chi connectivity index (χ3n) is 4.03. The molecular formula is C16H22S2. The van der Waals surface area contributed by atoms with Crippen LogP contribution >= 0.6 is 23.5 Å². The van der Waals surface area contributed by atoms with Crippen LogP contribution in [-0.4, -0.2) is 10.5 Å². The summed E-state index contributed by atoms with van der Waals surface area (Å²) in [5.41, 5.74) is 0. The highest BCUT2D eigenvalue weighted by molar-refractivity contribution is 8.00. The van der Waals surface area contributed by atoms with Crippen molar-refractivity contribution >= 4 is 23.5 Å². The Balaban J connectivity index is 1.54. The molecule has 2 aliphatic rings. The third kappa shape index (κ3) is 3.48. The molecule has 3 rings (SSSR count). The van der Waals surface area contributed by atoms with Crippen molar-refractivity contribution < 1.29 is 0 Å². The van der Waals surface area contributed by atoms with Crippen LogP contribution in [0.5, 0.6) is 0 Å². The van der Waals surface area contributed by atoms with Crippen molar-refractivity contribution in [1.82, 2.24) is 0 Å². The molecule has 0 unspecified atom stereocenters. The molecule has 0 heterocycles. The van der Waals surface area contributed by atoms with Gasteiger partial charge in [-0.15, -0.1) is 23.5 Å². The van der Waals surface area contributed by atoms with Gasteiger partial charge in [0.15, 0.2) is 0 Å². The van der Waals surface area contributed by atoms with Gasteiger partial charge in [0.25, 0.3) is 0 Å². The monoisotopic (exact) mass is 278 g/mol. The number of hydrogen-bond donors (Lipinski definition) is 0. The molecule has 0 amide bonds. The topological polar surface area (TPSA) is 0 Å². The second-order valence-corrected chi connectivity index (χ2v) is 8.27. The molecule has 2 heteroatoms. The quantitative estimate of drug-likeness (QED) is 0.687. The van der Waals surface area contributed by atoms with E-state index in [1.54, 1.807) is 0 Å². The fraction of sp³-hybridized carbons (Fsp3) is 0.625. The second-order valence-electron chi connectivity index (χ2n) is 5.52. The standard InChI is InChI=1S/C16H22S2/c1-2-6-13(5-1)17-15-9-11-16(12-10-15)18-14-7-3-4-8-14/h9-14H,1-8H2. The van der Waals surface area contributed by atoms with E-state index in [0.29, 0.717) is 0 Å². The number of benzene rings is 1. The molecule has 2 saturated carbocycles. The minimum Gasteiger partial charge on any atom is -0.123 e. The minimum absolute atomic E-state index is 0.887. The van der Waals surface area contributed by atoms with Crippen LogP contribution in [0.15, 0.2) is 34.1 Å². The Kier molecular flexibility index (Phi) is 4.58. The van der Waals surface area contributed by atoms with Crippen LogP contribution in [0.3, 0.4) is 0 Å². The molecule has 2 aliphatic carbocycles. The van der Waals surface area contributed by atoms with Gasteiger partial charge < -0.3 is 0 Å². The molecule has 0 bridgehead atoms. The van der Waals surface area contributed by atoms with Crippen molar-refractivity contribution in [3.63, 3.8) is 0 Å². The van der Waals surface area contributed by atoms with Gasteiger partial charge >= 0.3 is 0 Å². The summed E-state index contributed by atoms with van der Waals surface area (Å²) in [6.45, 7) is 0. The summed E-state index contributed by atoms with van der Waals surface area (Å²) in [7, 11) is 0. The van der Waals surface area contributed by atoms with Gasteiger partial charge in [-0.2, -0.15) is 0 Å². The maximum atomic E-state index is 2.33. The first kappa shape index (κ1) is 12.9. The molecule has 1 aromatic rings. The summed E-state index contributed by atoms with van der Waals surface area (Å²) >= 11 is 4.19. The Bertz CT molecular complexity index is 322. The van der Waals surface area contributed by atoms with E-state index in [-0.39, 0.29) is 0 Å². The van der Waals surface area contributed by atoms with Crippen molar-refractivity contribution in [3.05, 3.63) is 24.3 Å². The zero-order chi connectivity index (χ0) is 12.2. The van der Waals surface area contributed by atoms with Crippen LogP contribution < -0.4 is 0 Å². The zero-order valence-corrected chi connectivity index (χ0v) is 12.6. The van der Waals surface area contributed by atoms with Crippen molar-refractivity contribution in [3.8, 4) is 0 Å². The first-order valence-electron chi connectivity index (χ1n) is 7.33. The summed E-state index contributed by atoms with van der Waals surface area (Å²) in [6.07, 6.45) is 11.4. The Morgan fingerprint density at radius 3 is 1.28 bits per heavy atom. The summed E-state index contributed by atoms with van der Waals surface area (Å²) in [6, 6.07) is 9.33. The lowest BCUT2D eigenvalue weighted by Crippen LogP contribution is -1.94. The second kappa shape index (κ2) is 6.38. The molecule has 0 N–H and O–H groups in total. The summed E-state index contributed by atoms with van der Waals surface area (Å²) in [5.74, 6) is 0. The minimum atomic E-state index is 0.887. The van der Waals surface area contributed by atoms with Crippen molar-refractivity contribution in [2.75, 3.05) is 0 Å². The van der Waals surface area contributed by atoms with Gasteiger partial charge in [-0.3, -0.25) is 0 Å². The molecule has 98 valence electrons. The lowest BCUT2D eigenvalue weighted by atomic mass is 10.4. The van der Waals surface area contributed by atoms with E-state index >= 15 is 0 Å². The zero-order valence-electron chi connectivity index (χ0n) is 10.9. The van der Waals surface area contributed by atoms with E-state index in [0.717, 1.165) is 10.5 Å². The molecule has 0 aliphatic heterocycles. The van der Waals surface area contributed by atoms with Crippen molar-refractivity contribution in [1.29, 1.82) is 0 Å². The smallest absolute Gasteiger partial charge is 0.00944 e. The average Bonchev–Trinajstić information content (AvgIpc) is 3.05. The SMILES string of the molecule is c1cc(SC2CCCC2)ccc1SC1CCCC1. The molecule has 0 spiro atoms. The summed E-state index contributed by atoms with van der Waals surface area (Å²) in [4.78, 5) is 2.94. The van der Waals surface area contributed by atoms with Crippen molar-refractivity contribution in [2.45, 2.75) is 71.7 Å².